The summed E-state index contributed by atoms with van der Waals surface area (Å²) in [5.74, 6) is -2.97. The van der Waals surface area contributed by atoms with E-state index in [0.717, 1.165) is 0 Å². The summed E-state index contributed by atoms with van der Waals surface area (Å²) in [6.45, 7) is 1.32. The summed E-state index contributed by atoms with van der Waals surface area (Å²) in [6.07, 6.45) is -2.90. The zero-order valence-electron chi connectivity index (χ0n) is 13.7. The first-order chi connectivity index (χ1) is 11.7. The number of fused-ring (bicyclic) bond motifs is 2. The maximum absolute atomic E-state index is 12.9. The first kappa shape index (κ1) is 17.5. The van der Waals surface area contributed by atoms with Gasteiger partial charge in [-0.3, -0.25) is 14.4 Å². The summed E-state index contributed by atoms with van der Waals surface area (Å²) in [7, 11) is 1.19. The van der Waals surface area contributed by atoms with Crippen LogP contribution >= 0.6 is 0 Å². The lowest BCUT2D eigenvalue weighted by molar-refractivity contribution is -0.228. The van der Waals surface area contributed by atoms with Gasteiger partial charge in [-0.25, -0.2) is 0 Å². The Balaban J connectivity index is 2.12. The van der Waals surface area contributed by atoms with E-state index in [1.165, 1.54) is 32.2 Å². The zero-order valence-corrected chi connectivity index (χ0v) is 13.7. The van der Waals surface area contributed by atoms with E-state index < -0.39 is 53.1 Å². The smallest absolute Gasteiger partial charge is 0.308 e. The molecule has 3 N–H and O–H groups in total. The van der Waals surface area contributed by atoms with E-state index in [2.05, 4.69) is 4.74 Å². The van der Waals surface area contributed by atoms with Crippen LogP contribution in [0.3, 0.4) is 0 Å². The highest BCUT2D eigenvalue weighted by Crippen LogP contribution is 2.48. The van der Waals surface area contributed by atoms with Gasteiger partial charge < -0.3 is 24.8 Å². The largest absolute Gasteiger partial charge is 0.507 e. The molecule has 1 saturated heterocycles. The maximum atomic E-state index is 12.9. The first-order valence-electron chi connectivity index (χ1n) is 7.75. The molecule has 1 aliphatic heterocycles. The third-order valence-corrected chi connectivity index (χ3v) is 5.00. The van der Waals surface area contributed by atoms with Gasteiger partial charge in [-0.1, -0.05) is 12.1 Å². The van der Waals surface area contributed by atoms with Crippen LogP contribution in [0.15, 0.2) is 18.2 Å². The van der Waals surface area contributed by atoms with Gasteiger partial charge in [-0.15, -0.1) is 0 Å². The number of carbonyl (C=O) groups excluding carboxylic acids is 3. The highest BCUT2D eigenvalue weighted by atomic mass is 16.5. The minimum absolute atomic E-state index is 0.178. The predicted molar refractivity (Wildman–Crippen MR) is 82.3 cm³/mol. The number of benzene rings is 1. The number of ketones is 2. The second kappa shape index (κ2) is 5.62. The third kappa shape index (κ3) is 2.21. The number of aromatic hydroxyl groups is 1. The van der Waals surface area contributed by atoms with Crippen molar-refractivity contribution in [3.05, 3.63) is 29.3 Å². The highest BCUT2D eigenvalue weighted by Gasteiger charge is 2.69. The normalized spacial score (nSPS) is 34.2. The highest BCUT2D eigenvalue weighted by molar-refractivity contribution is 6.23. The van der Waals surface area contributed by atoms with E-state index in [0.29, 0.717) is 0 Å². The van der Waals surface area contributed by atoms with Gasteiger partial charge in [0.1, 0.15) is 5.75 Å². The Labute approximate surface area is 143 Å². The Kier molecular flexibility index (Phi) is 3.94. The number of rotatable bonds is 2. The average Bonchev–Trinajstić information content (AvgIpc) is 2.56. The molecule has 1 fully saturated rings. The molecule has 1 aromatic carbocycles. The standard InChI is InChI=1S/C17H18O8/c1-8-17(23)15(21)13-10(4-3-5-11(13)18)14(20)16(17,22)7-9(25-8)6-12(19)24-2/h3-5,8-9,18,22-23H,6-7H2,1-2H3/t8-,9+,16-,17+/m1/s1. The van der Waals surface area contributed by atoms with Crippen molar-refractivity contribution in [1.82, 2.24) is 0 Å². The van der Waals surface area contributed by atoms with Gasteiger partial charge in [-0.05, 0) is 13.0 Å². The van der Waals surface area contributed by atoms with Crippen LogP contribution in [0, 0.1) is 0 Å². The number of esters is 1. The van der Waals surface area contributed by atoms with E-state index in [4.69, 9.17) is 4.74 Å². The molecule has 0 radical (unpaired) electrons. The number of hydrogen-bond acceptors (Lipinski definition) is 8. The molecule has 0 saturated carbocycles. The van der Waals surface area contributed by atoms with Crippen molar-refractivity contribution >= 4 is 17.5 Å². The summed E-state index contributed by atoms with van der Waals surface area (Å²) in [5, 5.41) is 31.9. The summed E-state index contributed by atoms with van der Waals surface area (Å²) in [5.41, 5.74) is -5.56. The quantitative estimate of drug-likeness (QED) is 0.634. The lowest BCUT2D eigenvalue weighted by Gasteiger charge is -2.52. The number of phenols is 1. The van der Waals surface area contributed by atoms with Crippen molar-refractivity contribution in [1.29, 1.82) is 0 Å². The van der Waals surface area contributed by atoms with Crippen LogP contribution in [-0.4, -0.2) is 63.4 Å². The van der Waals surface area contributed by atoms with E-state index in [-0.39, 0.29) is 17.5 Å². The summed E-state index contributed by atoms with van der Waals surface area (Å²) in [4.78, 5) is 37.2. The molecule has 0 amide bonds. The maximum Gasteiger partial charge on any atom is 0.308 e. The molecule has 25 heavy (non-hydrogen) atoms. The molecule has 1 heterocycles. The molecule has 1 aromatic rings. The summed E-state index contributed by atoms with van der Waals surface area (Å²) in [6, 6.07) is 3.87. The molecule has 3 rings (SSSR count). The van der Waals surface area contributed by atoms with Gasteiger partial charge in [0, 0.05) is 12.0 Å². The van der Waals surface area contributed by atoms with Crippen molar-refractivity contribution in [2.45, 2.75) is 43.2 Å². The number of ether oxygens (including phenoxy) is 2. The van der Waals surface area contributed by atoms with Gasteiger partial charge in [-0.2, -0.15) is 0 Å². The van der Waals surface area contributed by atoms with E-state index in [1.807, 2.05) is 0 Å². The van der Waals surface area contributed by atoms with Crippen molar-refractivity contribution in [2.24, 2.45) is 0 Å². The van der Waals surface area contributed by atoms with Crippen LogP contribution in [0.4, 0.5) is 0 Å². The second-order valence-electron chi connectivity index (χ2n) is 6.37. The fourth-order valence-electron chi connectivity index (χ4n) is 3.67. The molecule has 8 nitrogen and oxygen atoms in total. The Morgan fingerprint density at radius 1 is 1.32 bits per heavy atom. The first-order valence-corrected chi connectivity index (χ1v) is 7.75. The fraction of sp³-hybridized carbons (Fsp3) is 0.471. The molecule has 8 heteroatoms. The molecule has 4 atom stereocenters. The van der Waals surface area contributed by atoms with Crippen molar-refractivity contribution in [2.75, 3.05) is 7.11 Å². The van der Waals surface area contributed by atoms with Crippen molar-refractivity contribution < 1.29 is 39.2 Å². The minimum atomic E-state index is -2.57. The van der Waals surface area contributed by atoms with Crippen LogP contribution in [0.1, 0.15) is 40.5 Å². The molecule has 0 spiro atoms. The van der Waals surface area contributed by atoms with Gasteiger partial charge >= 0.3 is 5.97 Å². The molecule has 134 valence electrons. The monoisotopic (exact) mass is 350 g/mol. The molecular formula is C17H18O8. The van der Waals surface area contributed by atoms with Crippen LogP contribution in [0.5, 0.6) is 5.75 Å². The summed E-state index contributed by atoms with van der Waals surface area (Å²) >= 11 is 0. The Hall–Kier alpha value is -2.29. The van der Waals surface area contributed by atoms with Gasteiger partial charge in [0.25, 0.3) is 0 Å². The SMILES string of the molecule is COC(=O)C[C@H]1C[C@@]2(O)C(=O)c3cccc(O)c3C(=O)[C@@]2(O)[C@@H](C)O1. The molecule has 0 unspecified atom stereocenters. The van der Waals surface area contributed by atoms with E-state index >= 15 is 0 Å². The van der Waals surface area contributed by atoms with Crippen LogP contribution in [0.2, 0.25) is 0 Å². The number of carbonyl (C=O) groups is 3. The third-order valence-electron chi connectivity index (χ3n) is 5.00. The van der Waals surface area contributed by atoms with Crippen molar-refractivity contribution in [3.8, 4) is 5.75 Å². The van der Waals surface area contributed by atoms with Gasteiger partial charge in [0.2, 0.25) is 5.78 Å². The number of aliphatic hydroxyl groups is 2. The average molecular weight is 350 g/mol. The molecule has 0 bridgehead atoms. The molecule has 2 aliphatic rings. The second-order valence-corrected chi connectivity index (χ2v) is 6.37. The Morgan fingerprint density at radius 2 is 2.00 bits per heavy atom. The topological polar surface area (TPSA) is 130 Å². The van der Waals surface area contributed by atoms with Crippen LogP contribution in [-0.2, 0) is 14.3 Å². The van der Waals surface area contributed by atoms with Gasteiger partial charge in [0.05, 0.1) is 31.3 Å². The lowest BCUT2D eigenvalue weighted by atomic mass is 9.61. The van der Waals surface area contributed by atoms with Crippen LogP contribution in [0.25, 0.3) is 0 Å². The van der Waals surface area contributed by atoms with Crippen LogP contribution < -0.4 is 0 Å². The lowest BCUT2D eigenvalue weighted by Crippen LogP contribution is -2.75. The number of methoxy groups -OCH3 is 1. The van der Waals surface area contributed by atoms with E-state index in [1.54, 1.807) is 0 Å². The molecule has 0 aromatic heterocycles. The fourth-order valence-corrected chi connectivity index (χ4v) is 3.67. The number of hydrogen-bond donors (Lipinski definition) is 3. The Bertz CT molecular complexity index is 772. The van der Waals surface area contributed by atoms with Crippen molar-refractivity contribution in [3.63, 3.8) is 0 Å². The van der Waals surface area contributed by atoms with E-state index in [9.17, 15) is 29.7 Å². The predicted octanol–water partition coefficient (Wildman–Crippen LogP) is -0.0261. The molecule has 1 aliphatic carbocycles. The molecular weight excluding hydrogens is 332 g/mol. The number of phenolic OH excluding ortho intramolecular Hbond substituents is 1. The van der Waals surface area contributed by atoms with Gasteiger partial charge in [0.15, 0.2) is 17.0 Å². The minimum Gasteiger partial charge on any atom is -0.507 e. The zero-order chi connectivity index (χ0) is 18.6. The Morgan fingerprint density at radius 3 is 2.64 bits per heavy atom. The summed E-state index contributed by atoms with van der Waals surface area (Å²) < 4.78 is 10.1. The number of Topliss-reactive ketones (excluding diaryl/α,β-unsaturated/α-hetero) is 2.